The Morgan fingerprint density at radius 3 is 2.85 bits per heavy atom. The molecule has 130 valence electrons. The molecular formula is C19H16N4O3. The highest BCUT2D eigenvalue weighted by molar-refractivity contribution is 6.10. The molecule has 0 aliphatic carbocycles. The van der Waals surface area contributed by atoms with Gasteiger partial charge in [-0.1, -0.05) is 12.1 Å². The van der Waals surface area contributed by atoms with Crippen LogP contribution in [0.3, 0.4) is 0 Å². The average molecular weight is 348 g/mol. The Hall–Kier alpha value is -3.48. The first-order valence-electron chi connectivity index (χ1n) is 8.30. The molecule has 4 aromatic rings. The van der Waals surface area contributed by atoms with E-state index in [1.807, 2.05) is 36.4 Å². The van der Waals surface area contributed by atoms with Crippen molar-refractivity contribution in [2.24, 2.45) is 0 Å². The molecule has 0 fully saturated rings. The second kappa shape index (κ2) is 5.80. The SMILES string of the molecule is COc1cccc2c1nc(Nc1ccc3c(c1)OCCO3)c1[nH]ncc12. The standard InChI is InChI=1S/C19H16N4O3/c1-24-15-4-2-3-12-13-10-20-23-18(13)19(22-17(12)15)21-11-5-6-14-16(9-11)26-8-7-25-14/h2-6,9-10H,7-8H2,1H3,(H,20,23)(H,21,22). The summed E-state index contributed by atoms with van der Waals surface area (Å²) in [5.74, 6) is 2.86. The minimum atomic E-state index is 0.548. The van der Waals surface area contributed by atoms with E-state index in [1.165, 1.54) is 0 Å². The minimum Gasteiger partial charge on any atom is -0.494 e. The van der Waals surface area contributed by atoms with Crippen molar-refractivity contribution in [2.45, 2.75) is 0 Å². The topological polar surface area (TPSA) is 81.3 Å². The number of methoxy groups -OCH3 is 1. The lowest BCUT2D eigenvalue weighted by atomic mass is 10.1. The summed E-state index contributed by atoms with van der Waals surface area (Å²) in [6, 6.07) is 11.6. The molecule has 2 N–H and O–H groups in total. The van der Waals surface area contributed by atoms with Gasteiger partial charge in [0.25, 0.3) is 0 Å². The van der Waals surface area contributed by atoms with Crippen molar-refractivity contribution in [3.8, 4) is 17.2 Å². The molecule has 0 atom stereocenters. The monoisotopic (exact) mass is 348 g/mol. The first kappa shape index (κ1) is 14.8. The summed E-state index contributed by atoms with van der Waals surface area (Å²) in [7, 11) is 1.64. The number of ether oxygens (including phenoxy) is 3. The lowest BCUT2D eigenvalue weighted by molar-refractivity contribution is 0.171. The molecule has 0 saturated heterocycles. The Morgan fingerprint density at radius 1 is 1.08 bits per heavy atom. The number of pyridine rings is 1. The molecule has 26 heavy (non-hydrogen) atoms. The van der Waals surface area contributed by atoms with E-state index in [9.17, 15) is 0 Å². The largest absolute Gasteiger partial charge is 0.494 e. The van der Waals surface area contributed by atoms with Crippen LogP contribution in [-0.4, -0.2) is 35.5 Å². The van der Waals surface area contributed by atoms with Crippen LogP contribution in [0.4, 0.5) is 11.5 Å². The number of anilines is 2. The highest BCUT2D eigenvalue weighted by Crippen LogP contribution is 2.36. The van der Waals surface area contributed by atoms with Gasteiger partial charge in [-0.3, -0.25) is 5.10 Å². The molecule has 0 spiro atoms. The summed E-state index contributed by atoms with van der Waals surface area (Å²) in [5, 5.41) is 12.5. The molecule has 3 heterocycles. The van der Waals surface area contributed by atoms with Crippen LogP contribution in [0.5, 0.6) is 17.2 Å². The van der Waals surface area contributed by atoms with Gasteiger partial charge in [0, 0.05) is 22.5 Å². The number of aromatic nitrogens is 3. The number of aromatic amines is 1. The smallest absolute Gasteiger partial charge is 0.163 e. The maximum absolute atomic E-state index is 5.66. The van der Waals surface area contributed by atoms with Crippen LogP contribution in [0, 0.1) is 0 Å². The van der Waals surface area contributed by atoms with E-state index in [2.05, 4.69) is 15.5 Å². The highest BCUT2D eigenvalue weighted by Gasteiger charge is 2.15. The van der Waals surface area contributed by atoms with Gasteiger partial charge in [0.15, 0.2) is 17.3 Å². The number of para-hydroxylation sites is 1. The minimum absolute atomic E-state index is 0.548. The van der Waals surface area contributed by atoms with E-state index in [-0.39, 0.29) is 0 Å². The van der Waals surface area contributed by atoms with E-state index in [0.29, 0.717) is 19.0 Å². The fraction of sp³-hybridized carbons (Fsp3) is 0.158. The third-order valence-electron chi connectivity index (χ3n) is 4.41. The molecule has 5 rings (SSSR count). The average Bonchev–Trinajstić information content (AvgIpc) is 3.18. The van der Waals surface area contributed by atoms with Gasteiger partial charge < -0.3 is 19.5 Å². The molecule has 2 aromatic carbocycles. The third-order valence-corrected chi connectivity index (χ3v) is 4.41. The highest BCUT2D eigenvalue weighted by atomic mass is 16.6. The fourth-order valence-corrected chi connectivity index (χ4v) is 3.21. The molecule has 7 nitrogen and oxygen atoms in total. The predicted octanol–water partition coefficient (Wildman–Crippen LogP) is 3.63. The first-order valence-corrected chi connectivity index (χ1v) is 8.30. The maximum atomic E-state index is 5.66. The molecule has 0 amide bonds. The van der Waals surface area contributed by atoms with Crippen LogP contribution in [-0.2, 0) is 0 Å². The molecule has 1 aliphatic rings. The number of nitrogens with one attached hydrogen (secondary N) is 2. The van der Waals surface area contributed by atoms with E-state index < -0.39 is 0 Å². The zero-order valence-electron chi connectivity index (χ0n) is 14.1. The summed E-state index contributed by atoms with van der Waals surface area (Å²) >= 11 is 0. The van der Waals surface area contributed by atoms with E-state index >= 15 is 0 Å². The molecule has 0 bridgehead atoms. The Labute approximate surface area is 148 Å². The summed E-state index contributed by atoms with van der Waals surface area (Å²) in [4.78, 5) is 4.77. The second-order valence-corrected chi connectivity index (χ2v) is 5.96. The van der Waals surface area contributed by atoms with E-state index in [0.717, 1.165) is 44.7 Å². The van der Waals surface area contributed by atoms with Crippen molar-refractivity contribution in [2.75, 3.05) is 25.6 Å². The number of hydrogen-bond donors (Lipinski definition) is 2. The number of fused-ring (bicyclic) bond motifs is 4. The lowest BCUT2D eigenvalue weighted by Crippen LogP contribution is -2.15. The number of hydrogen-bond acceptors (Lipinski definition) is 6. The van der Waals surface area contributed by atoms with Gasteiger partial charge in [-0.2, -0.15) is 5.10 Å². The number of benzene rings is 2. The van der Waals surface area contributed by atoms with Crippen LogP contribution >= 0.6 is 0 Å². The van der Waals surface area contributed by atoms with Crippen molar-refractivity contribution in [1.29, 1.82) is 0 Å². The van der Waals surface area contributed by atoms with Gasteiger partial charge in [-0.05, 0) is 18.2 Å². The molecule has 1 aliphatic heterocycles. The summed E-state index contributed by atoms with van der Waals surface area (Å²) < 4.78 is 16.7. The van der Waals surface area contributed by atoms with Crippen molar-refractivity contribution in [3.63, 3.8) is 0 Å². The van der Waals surface area contributed by atoms with Crippen molar-refractivity contribution < 1.29 is 14.2 Å². The quantitative estimate of drug-likeness (QED) is 0.588. The molecule has 2 aromatic heterocycles. The summed E-state index contributed by atoms with van der Waals surface area (Å²) in [5.41, 5.74) is 2.47. The number of H-pyrrole nitrogens is 1. The van der Waals surface area contributed by atoms with Crippen LogP contribution < -0.4 is 19.5 Å². The second-order valence-electron chi connectivity index (χ2n) is 5.96. The van der Waals surface area contributed by atoms with Crippen LogP contribution in [0.15, 0.2) is 42.6 Å². The van der Waals surface area contributed by atoms with Crippen molar-refractivity contribution >= 4 is 33.3 Å². The zero-order chi connectivity index (χ0) is 17.5. The van der Waals surface area contributed by atoms with Crippen molar-refractivity contribution in [3.05, 3.63) is 42.6 Å². The maximum Gasteiger partial charge on any atom is 0.163 e. The van der Waals surface area contributed by atoms with Crippen LogP contribution in [0.2, 0.25) is 0 Å². The van der Waals surface area contributed by atoms with Crippen LogP contribution in [0.1, 0.15) is 0 Å². The normalized spacial score (nSPS) is 13.1. The van der Waals surface area contributed by atoms with Crippen molar-refractivity contribution in [1.82, 2.24) is 15.2 Å². The Kier molecular flexibility index (Phi) is 3.31. The van der Waals surface area contributed by atoms with Gasteiger partial charge in [0.1, 0.15) is 30.0 Å². The van der Waals surface area contributed by atoms with Gasteiger partial charge in [-0.15, -0.1) is 0 Å². The summed E-state index contributed by atoms with van der Waals surface area (Å²) in [6.07, 6.45) is 1.80. The molecule has 0 unspecified atom stereocenters. The fourth-order valence-electron chi connectivity index (χ4n) is 3.21. The predicted molar refractivity (Wildman–Crippen MR) is 98.7 cm³/mol. The Morgan fingerprint density at radius 2 is 1.96 bits per heavy atom. The molecule has 7 heteroatoms. The molecular weight excluding hydrogens is 332 g/mol. The van der Waals surface area contributed by atoms with Gasteiger partial charge >= 0.3 is 0 Å². The van der Waals surface area contributed by atoms with E-state index in [1.54, 1.807) is 13.3 Å². The molecule has 0 saturated carbocycles. The Bertz CT molecular complexity index is 1120. The number of nitrogens with zero attached hydrogens (tertiary/aromatic N) is 2. The lowest BCUT2D eigenvalue weighted by Gasteiger charge is -2.19. The van der Waals surface area contributed by atoms with Gasteiger partial charge in [0.2, 0.25) is 0 Å². The van der Waals surface area contributed by atoms with Crippen LogP contribution in [0.25, 0.3) is 21.8 Å². The molecule has 0 radical (unpaired) electrons. The van der Waals surface area contributed by atoms with Gasteiger partial charge in [-0.25, -0.2) is 4.98 Å². The zero-order valence-corrected chi connectivity index (χ0v) is 14.1. The van der Waals surface area contributed by atoms with E-state index in [4.69, 9.17) is 19.2 Å². The third kappa shape index (κ3) is 2.28. The Balaban J connectivity index is 1.65. The number of rotatable bonds is 3. The van der Waals surface area contributed by atoms with Gasteiger partial charge in [0.05, 0.1) is 13.3 Å². The first-order chi connectivity index (χ1) is 12.8. The summed E-state index contributed by atoms with van der Waals surface area (Å²) in [6.45, 7) is 1.12.